The summed E-state index contributed by atoms with van der Waals surface area (Å²) in [5, 5.41) is 0. The predicted octanol–water partition coefficient (Wildman–Crippen LogP) is 3.81. The van der Waals surface area contributed by atoms with Crippen LogP contribution in [0.1, 0.15) is 31.7 Å². The first-order valence-corrected chi connectivity index (χ1v) is 12.3. The smallest absolute Gasteiger partial charge is 0.316 e. The second kappa shape index (κ2) is 9.60. The number of esters is 1. The van der Waals surface area contributed by atoms with Crippen LogP contribution in [0.4, 0.5) is 11.4 Å². The molecular weight excluding hydrogens is 460 g/mol. The van der Waals surface area contributed by atoms with Crippen LogP contribution >= 0.6 is 0 Å². The fraction of sp³-hybridized carbons (Fsp3) is 0.357. The second-order valence-corrected chi connectivity index (χ2v) is 9.37. The number of carbonyl (C=O) groups is 4. The van der Waals surface area contributed by atoms with Gasteiger partial charge in [0.1, 0.15) is 11.5 Å². The molecule has 2 aromatic carbocycles. The molecule has 8 heteroatoms. The van der Waals surface area contributed by atoms with Gasteiger partial charge in [-0.3, -0.25) is 19.2 Å². The highest BCUT2D eigenvalue weighted by Crippen LogP contribution is 2.39. The lowest BCUT2D eigenvalue weighted by Gasteiger charge is -2.19. The zero-order valence-corrected chi connectivity index (χ0v) is 20.3. The van der Waals surface area contributed by atoms with E-state index < -0.39 is 11.9 Å². The summed E-state index contributed by atoms with van der Waals surface area (Å²) in [6, 6.07) is 12.1. The maximum Gasteiger partial charge on any atom is 0.316 e. The Kier molecular flexibility index (Phi) is 6.35. The number of amides is 3. The first kappa shape index (κ1) is 23.8. The van der Waals surface area contributed by atoms with Gasteiger partial charge in [0.05, 0.1) is 30.0 Å². The number of aryl methyl sites for hydroxylation is 1. The van der Waals surface area contributed by atoms with Crippen LogP contribution in [0.25, 0.3) is 0 Å². The summed E-state index contributed by atoms with van der Waals surface area (Å²) in [7, 11) is 0. The third kappa shape index (κ3) is 4.27. The lowest BCUT2D eigenvalue weighted by atomic mass is 9.85. The van der Waals surface area contributed by atoms with E-state index >= 15 is 0 Å². The highest BCUT2D eigenvalue weighted by Gasteiger charge is 2.48. The van der Waals surface area contributed by atoms with E-state index in [1.54, 1.807) is 54.3 Å². The van der Waals surface area contributed by atoms with Gasteiger partial charge in [0.2, 0.25) is 17.7 Å². The van der Waals surface area contributed by atoms with Crippen LogP contribution in [0.5, 0.6) is 11.5 Å². The van der Waals surface area contributed by atoms with Crippen LogP contribution in [-0.2, 0) is 19.2 Å². The lowest BCUT2D eigenvalue weighted by Crippen LogP contribution is -2.31. The van der Waals surface area contributed by atoms with Crippen LogP contribution in [0.3, 0.4) is 0 Å². The number of anilines is 2. The van der Waals surface area contributed by atoms with Crippen molar-refractivity contribution in [2.75, 3.05) is 23.0 Å². The molecule has 2 heterocycles. The topological polar surface area (TPSA) is 93.2 Å². The number of allylic oxidation sites excluding steroid dienone is 2. The fourth-order valence-electron chi connectivity index (χ4n) is 5.18. The Labute approximate surface area is 209 Å². The molecule has 2 fully saturated rings. The summed E-state index contributed by atoms with van der Waals surface area (Å²) < 4.78 is 11.0. The number of imide groups is 1. The molecule has 0 radical (unpaired) electrons. The monoisotopic (exact) mass is 488 g/mol. The Morgan fingerprint density at radius 1 is 0.944 bits per heavy atom. The zero-order valence-electron chi connectivity index (χ0n) is 20.3. The van der Waals surface area contributed by atoms with Gasteiger partial charge in [0, 0.05) is 18.7 Å². The lowest BCUT2D eigenvalue weighted by molar-refractivity contribution is -0.139. The van der Waals surface area contributed by atoms with E-state index in [4.69, 9.17) is 9.47 Å². The SMILES string of the molecule is CCOc1ccc(N2C[C@H](C(=O)Oc3ccc(N4C(=O)[C@H]5CC=CC[C@@H]5C4=O)c(C)c3)CC2=O)cc1. The molecule has 3 atom stereocenters. The van der Waals surface area contributed by atoms with Crippen LogP contribution < -0.4 is 19.3 Å². The second-order valence-electron chi connectivity index (χ2n) is 9.37. The van der Waals surface area contributed by atoms with E-state index in [-0.39, 0.29) is 42.5 Å². The number of nitrogens with zero attached hydrogens (tertiary/aromatic N) is 2. The Morgan fingerprint density at radius 3 is 2.19 bits per heavy atom. The van der Waals surface area contributed by atoms with Crippen molar-refractivity contribution in [2.45, 2.75) is 33.1 Å². The molecule has 3 amide bonds. The number of benzene rings is 2. The molecule has 5 rings (SSSR count). The molecule has 186 valence electrons. The van der Waals surface area contributed by atoms with Gasteiger partial charge in [-0.15, -0.1) is 0 Å². The molecule has 0 N–H and O–H groups in total. The number of fused-ring (bicyclic) bond motifs is 1. The quantitative estimate of drug-likeness (QED) is 0.266. The molecule has 0 unspecified atom stereocenters. The molecule has 3 aliphatic rings. The minimum Gasteiger partial charge on any atom is -0.494 e. The van der Waals surface area contributed by atoms with E-state index in [1.807, 2.05) is 19.1 Å². The number of hydrogen-bond acceptors (Lipinski definition) is 6. The van der Waals surface area contributed by atoms with Gasteiger partial charge >= 0.3 is 5.97 Å². The Hall–Kier alpha value is -3.94. The minimum atomic E-state index is -0.596. The minimum absolute atomic E-state index is 0.0662. The van der Waals surface area contributed by atoms with Crippen LogP contribution in [-0.4, -0.2) is 36.8 Å². The highest BCUT2D eigenvalue weighted by atomic mass is 16.5. The number of hydrogen-bond donors (Lipinski definition) is 0. The highest BCUT2D eigenvalue weighted by molar-refractivity contribution is 6.22. The van der Waals surface area contributed by atoms with Crippen molar-refractivity contribution >= 4 is 35.1 Å². The van der Waals surface area contributed by atoms with Gasteiger partial charge in [0.15, 0.2) is 0 Å². The third-order valence-electron chi connectivity index (χ3n) is 7.05. The summed E-state index contributed by atoms with van der Waals surface area (Å²) in [5.41, 5.74) is 1.87. The van der Waals surface area contributed by atoms with Gasteiger partial charge in [-0.2, -0.15) is 0 Å². The maximum absolute atomic E-state index is 12.9. The molecule has 2 aliphatic heterocycles. The standard InChI is InChI=1S/C28H28N2O6/c1-3-35-20-10-8-19(9-11-20)29-16-18(15-25(29)31)28(34)36-21-12-13-24(17(2)14-21)30-26(32)22-6-4-5-7-23(22)27(30)33/h4-5,8-14,18,22-23H,3,6-7,15-16H2,1-2H3/t18-,22+,23+/m1/s1. The summed E-state index contributed by atoms with van der Waals surface area (Å²) in [5.74, 6) is -1.18. The number of rotatable bonds is 6. The molecule has 36 heavy (non-hydrogen) atoms. The van der Waals surface area contributed by atoms with E-state index in [1.165, 1.54) is 4.90 Å². The van der Waals surface area contributed by atoms with Crippen molar-refractivity contribution in [1.82, 2.24) is 0 Å². The first-order valence-electron chi connectivity index (χ1n) is 12.3. The molecule has 2 aromatic rings. The van der Waals surface area contributed by atoms with Crippen molar-refractivity contribution in [3.05, 3.63) is 60.2 Å². The van der Waals surface area contributed by atoms with Crippen molar-refractivity contribution < 1.29 is 28.7 Å². The Balaban J connectivity index is 1.25. The third-order valence-corrected chi connectivity index (χ3v) is 7.05. The molecule has 0 saturated carbocycles. The number of carbonyl (C=O) groups excluding carboxylic acids is 4. The van der Waals surface area contributed by atoms with E-state index in [0.717, 1.165) is 5.75 Å². The average Bonchev–Trinajstić information content (AvgIpc) is 3.38. The van der Waals surface area contributed by atoms with E-state index in [0.29, 0.717) is 42.1 Å². The number of ether oxygens (including phenoxy) is 2. The van der Waals surface area contributed by atoms with Crippen LogP contribution in [0.15, 0.2) is 54.6 Å². The maximum atomic E-state index is 12.9. The summed E-state index contributed by atoms with van der Waals surface area (Å²) in [4.78, 5) is 54.1. The van der Waals surface area contributed by atoms with Gasteiger partial charge in [0.25, 0.3) is 0 Å². The van der Waals surface area contributed by atoms with Gasteiger partial charge in [-0.1, -0.05) is 12.2 Å². The predicted molar refractivity (Wildman–Crippen MR) is 133 cm³/mol. The summed E-state index contributed by atoms with van der Waals surface area (Å²) in [6.45, 7) is 4.47. The van der Waals surface area contributed by atoms with Gasteiger partial charge in [-0.05, 0) is 74.7 Å². The van der Waals surface area contributed by atoms with Crippen molar-refractivity contribution in [3.8, 4) is 11.5 Å². The van der Waals surface area contributed by atoms with Crippen molar-refractivity contribution in [3.63, 3.8) is 0 Å². The molecule has 0 spiro atoms. The molecule has 0 aromatic heterocycles. The fourth-order valence-corrected chi connectivity index (χ4v) is 5.18. The molecule has 2 saturated heterocycles. The summed E-state index contributed by atoms with van der Waals surface area (Å²) in [6.07, 6.45) is 5.13. The van der Waals surface area contributed by atoms with Crippen LogP contribution in [0, 0.1) is 24.7 Å². The normalized spacial score (nSPS) is 23.3. The van der Waals surface area contributed by atoms with Crippen molar-refractivity contribution in [2.24, 2.45) is 17.8 Å². The van der Waals surface area contributed by atoms with E-state index in [9.17, 15) is 19.2 Å². The zero-order chi connectivity index (χ0) is 25.4. The molecule has 1 aliphatic carbocycles. The molecule has 8 nitrogen and oxygen atoms in total. The summed E-state index contributed by atoms with van der Waals surface area (Å²) >= 11 is 0. The molecule has 0 bridgehead atoms. The van der Waals surface area contributed by atoms with Crippen LogP contribution in [0.2, 0.25) is 0 Å². The average molecular weight is 489 g/mol. The largest absolute Gasteiger partial charge is 0.494 e. The van der Waals surface area contributed by atoms with Gasteiger partial charge in [-0.25, -0.2) is 4.90 Å². The first-order chi connectivity index (χ1) is 17.4. The van der Waals surface area contributed by atoms with E-state index in [2.05, 4.69) is 0 Å². The van der Waals surface area contributed by atoms with Crippen molar-refractivity contribution in [1.29, 1.82) is 0 Å². The van der Waals surface area contributed by atoms with Gasteiger partial charge < -0.3 is 14.4 Å². The molecular formula is C28H28N2O6. The Bertz CT molecular complexity index is 1230. The Morgan fingerprint density at radius 2 is 1.58 bits per heavy atom.